The van der Waals surface area contributed by atoms with Crippen molar-refractivity contribution in [2.24, 2.45) is 0 Å². The molecular weight excluding hydrogens is 240 g/mol. The number of rotatable bonds is 2. The lowest BCUT2D eigenvalue weighted by Gasteiger charge is -1.99. The SMILES string of the molecule is CC.CC.O=[N+]([O-])c1cccc(-c2ccccn2)c1. The largest absolute Gasteiger partial charge is 0.270 e. The summed E-state index contributed by atoms with van der Waals surface area (Å²) in [4.78, 5) is 14.3. The predicted molar refractivity (Wildman–Crippen MR) is 79.0 cm³/mol. The van der Waals surface area contributed by atoms with E-state index in [0.717, 1.165) is 11.3 Å². The van der Waals surface area contributed by atoms with Crippen molar-refractivity contribution in [1.82, 2.24) is 4.98 Å². The van der Waals surface area contributed by atoms with Gasteiger partial charge in [0.2, 0.25) is 0 Å². The van der Waals surface area contributed by atoms with Crippen LogP contribution in [0.3, 0.4) is 0 Å². The maximum absolute atomic E-state index is 10.6. The number of nitrogens with zero attached hydrogens (tertiary/aromatic N) is 2. The fourth-order valence-corrected chi connectivity index (χ4v) is 1.31. The van der Waals surface area contributed by atoms with Crippen LogP contribution in [-0.4, -0.2) is 9.91 Å². The summed E-state index contributed by atoms with van der Waals surface area (Å²) in [5, 5.41) is 10.6. The molecule has 2 rings (SSSR count). The molecule has 0 radical (unpaired) electrons. The third-order valence-corrected chi connectivity index (χ3v) is 2.02. The van der Waals surface area contributed by atoms with Gasteiger partial charge in [-0.05, 0) is 12.1 Å². The van der Waals surface area contributed by atoms with E-state index in [-0.39, 0.29) is 5.69 Å². The average molecular weight is 260 g/mol. The maximum atomic E-state index is 10.6. The molecule has 0 fully saturated rings. The molecule has 0 unspecified atom stereocenters. The first-order chi connectivity index (χ1) is 9.27. The van der Waals surface area contributed by atoms with Gasteiger partial charge >= 0.3 is 0 Å². The second kappa shape index (κ2) is 9.76. The van der Waals surface area contributed by atoms with Crippen LogP contribution in [-0.2, 0) is 0 Å². The van der Waals surface area contributed by atoms with Crippen molar-refractivity contribution in [2.45, 2.75) is 27.7 Å². The Balaban J connectivity index is 0.000000741. The van der Waals surface area contributed by atoms with Crippen LogP contribution in [0.1, 0.15) is 27.7 Å². The minimum absolute atomic E-state index is 0.0816. The van der Waals surface area contributed by atoms with Crippen LogP contribution in [0.2, 0.25) is 0 Å². The zero-order chi connectivity index (χ0) is 14.7. The van der Waals surface area contributed by atoms with E-state index in [4.69, 9.17) is 0 Å². The van der Waals surface area contributed by atoms with Crippen molar-refractivity contribution in [1.29, 1.82) is 0 Å². The summed E-state index contributed by atoms with van der Waals surface area (Å²) in [5.74, 6) is 0. The minimum Gasteiger partial charge on any atom is -0.258 e. The van der Waals surface area contributed by atoms with Crippen molar-refractivity contribution in [3.05, 3.63) is 58.8 Å². The van der Waals surface area contributed by atoms with Gasteiger partial charge in [0.25, 0.3) is 5.69 Å². The highest BCUT2D eigenvalue weighted by Gasteiger charge is 2.06. The van der Waals surface area contributed by atoms with E-state index < -0.39 is 4.92 Å². The lowest BCUT2D eigenvalue weighted by molar-refractivity contribution is -0.384. The van der Waals surface area contributed by atoms with Crippen LogP contribution in [0.15, 0.2) is 48.7 Å². The number of non-ortho nitro benzene ring substituents is 1. The molecule has 4 nitrogen and oxygen atoms in total. The molecule has 0 aliphatic heterocycles. The molecule has 0 aliphatic rings. The van der Waals surface area contributed by atoms with Gasteiger partial charge < -0.3 is 0 Å². The number of aromatic nitrogens is 1. The Bertz CT molecular complexity index is 485. The van der Waals surface area contributed by atoms with E-state index in [0.29, 0.717) is 0 Å². The minimum atomic E-state index is -0.410. The average Bonchev–Trinajstić information content (AvgIpc) is 2.52. The van der Waals surface area contributed by atoms with Crippen LogP contribution in [0.25, 0.3) is 11.3 Å². The summed E-state index contributed by atoms with van der Waals surface area (Å²) in [6.07, 6.45) is 1.66. The Morgan fingerprint density at radius 3 is 2.21 bits per heavy atom. The lowest BCUT2D eigenvalue weighted by atomic mass is 10.1. The van der Waals surface area contributed by atoms with Crippen molar-refractivity contribution in [3.8, 4) is 11.3 Å². The maximum Gasteiger partial charge on any atom is 0.270 e. The molecule has 0 aliphatic carbocycles. The van der Waals surface area contributed by atoms with Crippen LogP contribution in [0.4, 0.5) is 5.69 Å². The van der Waals surface area contributed by atoms with E-state index in [2.05, 4.69) is 4.98 Å². The van der Waals surface area contributed by atoms with Crippen molar-refractivity contribution >= 4 is 5.69 Å². The molecule has 4 heteroatoms. The highest BCUT2D eigenvalue weighted by molar-refractivity contribution is 5.62. The number of hydrogen-bond donors (Lipinski definition) is 0. The number of benzene rings is 1. The molecule has 0 amide bonds. The Labute approximate surface area is 114 Å². The van der Waals surface area contributed by atoms with Gasteiger partial charge in [0.15, 0.2) is 0 Å². The number of hydrogen-bond acceptors (Lipinski definition) is 3. The summed E-state index contributed by atoms with van der Waals surface area (Å²) in [7, 11) is 0. The Kier molecular flexibility index (Phi) is 8.62. The van der Waals surface area contributed by atoms with Gasteiger partial charge in [0.1, 0.15) is 0 Å². The van der Waals surface area contributed by atoms with Crippen molar-refractivity contribution < 1.29 is 4.92 Å². The fourth-order valence-electron chi connectivity index (χ4n) is 1.31. The summed E-state index contributed by atoms with van der Waals surface area (Å²) in [5.41, 5.74) is 1.57. The molecule has 2 aromatic rings. The van der Waals surface area contributed by atoms with Gasteiger partial charge in [-0.1, -0.05) is 45.9 Å². The molecule has 0 saturated heterocycles. The first kappa shape index (κ1) is 16.8. The molecule has 1 aromatic heterocycles. The van der Waals surface area contributed by atoms with Gasteiger partial charge in [-0.25, -0.2) is 0 Å². The number of nitro groups is 1. The fraction of sp³-hybridized carbons (Fsp3) is 0.267. The molecule has 1 heterocycles. The molecule has 0 N–H and O–H groups in total. The smallest absolute Gasteiger partial charge is 0.258 e. The van der Waals surface area contributed by atoms with E-state index in [1.54, 1.807) is 24.4 Å². The number of pyridine rings is 1. The van der Waals surface area contributed by atoms with Crippen LogP contribution in [0, 0.1) is 10.1 Å². The standard InChI is InChI=1S/C11H8N2O2.2C2H6/c14-13(15)10-5-3-4-9(8-10)11-6-1-2-7-12-11;2*1-2/h1-8H;2*1-2H3. The summed E-state index contributed by atoms with van der Waals surface area (Å²) >= 11 is 0. The molecule has 19 heavy (non-hydrogen) atoms. The topological polar surface area (TPSA) is 56.0 Å². The van der Waals surface area contributed by atoms with Crippen LogP contribution in [0.5, 0.6) is 0 Å². The van der Waals surface area contributed by atoms with Gasteiger partial charge in [0, 0.05) is 23.9 Å². The second-order valence-electron chi connectivity index (χ2n) is 3.02. The summed E-state index contributed by atoms with van der Waals surface area (Å²) in [6, 6.07) is 11.9. The molecule has 0 saturated carbocycles. The zero-order valence-electron chi connectivity index (χ0n) is 11.8. The normalized spacial score (nSPS) is 8.42. The molecule has 1 aromatic carbocycles. The van der Waals surface area contributed by atoms with Gasteiger partial charge in [-0.2, -0.15) is 0 Å². The Morgan fingerprint density at radius 1 is 1.00 bits per heavy atom. The van der Waals surface area contributed by atoms with Gasteiger partial charge in [-0.3, -0.25) is 15.1 Å². The van der Waals surface area contributed by atoms with Gasteiger partial charge in [-0.15, -0.1) is 0 Å². The molecule has 0 atom stereocenters. The monoisotopic (exact) mass is 260 g/mol. The van der Waals surface area contributed by atoms with Crippen LogP contribution >= 0.6 is 0 Å². The van der Waals surface area contributed by atoms with E-state index >= 15 is 0 Å². The summed E-state index contributed by atoms with van der Waals surface area (Å²) < 4.78 is 0. The first-order valence-electron chi connectivity index (χ1n) is 6.43. The second-order valence-corrected chi connectivity index (χ2v) is 3.02. The molecular formula is C15H20N2O2. The highest BCUT2D eigenvalue weighted by atomic mass is 16.6. The molecule has 0 spiro atoms. The first-order valence-corrected chi connectivity index (χ1v) is 6.43. The van der Waals surface area contributed by atoms with E-state index in [1.165, 1.54) is 12.1 Å². The van der Waals surface area contributed by atoms with Crippen molar-refractivity contribution in [2.75, 3.05) is 0 Å². The molecule has 102 valence electrons. The Hall–Kier alpha value is -2.23. The third kappa shape index (κ3) is 5.29. The highest BCUT2D eigenvalue weighted by Crippen LogP contribution is 2.21. The van der Waals surface area contributed by atoms with Crippen molar-refractivity contribution in [3.63, 3.8) is 0 Å². The Morgan fingerprint density at radius 2 is 1.68 bits per heavy atom. The van der Waals surface area contributed by atoms with Crippen LogP contribution < -0.4 is 0 Å². The predicted octanol–water partition coefficient (Wildman–Crippen LogP) is 4.71. The lowest BCUT2D eigenvalue weighted by Crippen LogP contribution is -1.88. The zero-order valence-corrected chi connectivity index (χ0v) is 11.8. The summed E-state index contributed by atoms with van der Waals surface area (Å²) in [6.45, 7) is 8.00. The third-order valence-electron chi connectivity index (χ3n) is 2.02. The van der Waals surface area contributed by atoms with E-state index in [1.807, 2.05) is 39.8 Å². The molecule has 0 bridgehead atoms. The quantitative estimate of drug-likeness (QED) is 0.580. The van der Waals surface area contributed by atoms with Gasteiger partial charge in [0.05, 0.1) is 10.6 Å². The van der Waals surface area contributed by atoms with E-state index in [9.17, 15) is 10.1 Å². The number of nitro benzene ring substituents is 1.